The van der Waals surface area contributed by atoms with Crippen molar-refractivity contribution in [1.29, 1.82) is 0 Å². The van der Waals surface area contributed by atoms with Crippen LogP contribution < -0.4 is 25.0 Å². The number of methoxy groups -OCH3 is 1. The van der Waals surface area contributed by atoms with E-state index in [4.69, 9.17) is 37.4 Å². The molecule has 0 saturated heterocycles. The van der Waals surface area contributed by atoms with Crippen molar-refractivity contribution >= 4 is 63.8 Å². The molecule has 0 heterocycles. The summed E-state index contributed by atoms with van der Waals surface area (Å²) in [7, 11) is 1.56. The average molecular weight is 664 g/mol. The Balaban J connectivity index is 2.07. The molecule has 2 amide bonds. The maximum atomic E-state index is 12.9. The Morgan fingerprint density at radius 3 is 2.32 bits per heavy atom. The first-order valence-electron chi connectivity index (χ1n) is 11.7. The molecule has 2 aromatic carbocycles. The molecule has 0 unspecified atom stereocenters. The van der Waals surface area contributed by atoms with Gasteiger partial charge in [-0.05, 0) is 91.6 Å². The number of hydrogen-bond donors (Lipinski definition) is 2. The maximum absolute atomic E-state index is 12.9. The second kappa shape index (κ2) is 14.6. The van der Waals surface area contributed by atoms with Crippen LogP contribution in [0.4, 0.5) is 0 Å². The lowest BCUT2D eigenvalue weighted by molar-refractivity contribution is -0.132. The van der Waals surface area contributed by atoms with Crippen LogP contribution >= 0.6 is 45.8 Å². The summed E-state index contributed by atoms with van der Waals surface area (Å²) in [5.41, 5.74) is 3.23. The number of benzene rings is 2. The zero-order valence-electron chi connectivity index (χ0n) is 21.6. The number of hydrogen-bond acceptors (Lipinski definition) is 6. The van der Waals surface area contributed by atoms with Crippen molar-refractivity contribution in [3.05, 3.63) is 49.5 Å². The Kier molecular flexibility index (Phi) is 12.3. The zero-order valence-corrected chi connectivity index (χ0v) is 25.3. The molecular formula is C26H32Cl2IN3O5. The van der Waals surface area contributed by atoms with Crippen LogP contribution in [0.2, 0.25) is 10.0 Å². The van der Waals surface area contributed by atoms with Gasteiger partial charge in [-0.15, -0.1) is 0 Å². The summed E-state index contributed by atoms with van der Waals surface area (Å²) in [6.07, 6.45) is 1.01. The Labute approximate surface area is 241 Å². The van der Waals surface area contributed by atoms with Gasteiger partial charge in [0.15, 0.2) is 17.6 Å². The average Bonchev–Trinajstić information content (AvgIpc) is 2.81. The van der Waals surface area contributed by atoms with Gasteiger partial charge in [-0.2, -0.15) is 5.10 Å². The summed E-state index contributed by atoms with van der Waals surface area (Å²) >= 11 is 14.2. The molecule has 0 radical (unpaired) electrons. The van der Waals surface area contributed by atoms with Gasteiger partial charge in [0, 0.05) is 5.02 Å². The number of nitrogens with zero attached hydrogens (tertiary/aromatic N) is 1. The Morgan fingerprint density at radius 1 is 1.03 bits per heavy atom. The Hall–Kier alpha value is -2.24. The molecule has 0 aliphatic heterocycles. The minimum absolute atomic E-state index is 0.00869. The highest BCUT2D eigenvalue weighted by Gasteiger charge is 2.25. The summed E-state index contributed by atoms with van der Waals surface area (Å²) in [6.45, 7) is 9.36. The summed E-state index contributed by atoms with van der Waals surface area (Å²) in [4.78, 5) is 25.7. The first-order chi connectivity index (χ1) is 17.4. The van der Waals surface area contributed by atoms with Gasteiger partial charge in [0.25, 0.3) is 11.8 Å². The van der Waals surface area contributed by atoms with Gasteiger partial charge in [-0.1, -0.05) is 37.0 Å². The molecule has 8 nitrogen and oxygen atoms in total. The Morgan fingerprint density at radius 2 is 1.73 bits per heavy atom. The highest BCUT2D eigenvalue weighted by atomic mass is 127. The van der Waals surface area contributed by atoms with E-state index in [2.05, 4.69) is 38.4 Å². The van der Waals surface area contributed by atoms with Gasteiger partial charge < -0.3 is 19.5 Å². The summed E-state index contributed by atoms with van der Waals surface area (Å²) in [5, 5.41) is 7.56. The number of rotatable bonds is 12. The van der Waals surface area contributed by atoms with Crippen molar-refractivity contribution in [2.24, 2.45) is 11.0 Å². The van der Waals surface area contributed by atoms with Crippen molar-refractivity contribution in [2.75, 3.05) is 7.11 Å². The van der Waals surface area contributed by atoms with E-state index in [0.717, 1.165) is 3.57 Å². The second-order valence-electron chi connectivity index (χ2n) is 8.96. The lowest BCUT2D eigenvalue weighted by atomic mass is 10.0. The van der Waals surface area contributed by atoms with Crippen LogP contribution in [0.15, 0.2) is 35.4 Å². The van der Waals surface area contributed by atoms with E-state index >= 15 is 0 Å². The predicted octanol–water partition coefficient (Wildman–Crippen LogP) is 5.84. The van der Waals surface area contributed by atoms with Crippen molar-refractivity contribution in [1.82, 2.24) is 10.7 Å². The van der Waals surface area contributed by atoms with Crippen LogP contribution in [0, 0.1) is 9.49 Å². The van der Waals surface area contributed by atoms with Crippen LogP contribution in [-0.4, -0.2) is 43.4 Å². The van der Waals surface area contributed by atoms with Crippen LogP contribution in [0.5, 0.6) is 17.2 Å². The third-order valence-electron chi connectivity index (χ3n) is 4.90. The van der Waals surface area contributed by atoms with Crippen molar-refractivity contribution in [3.8, 4) is 17.2 Å². The highest BCUT2D eigenvalue weighted by Crippen LogP contribution is 2.34. The zero-order chi connectivity index (χ0) is 27.7. The Bertz CT molecular complexity index is 1130. The van der Waals surface area contributed by atoms with Gasteiger partial charge >= 0.3 is 0 Å². The minimum Gasteiger partial charge on any atom is -0.493 e. The van der Waals surface area contributed by atoms with E-state index in [0.29, 0.717) is 34.3 Å². The van der Waals surface area contributed by atoms with Gasteiger partial charge in [0.1, 0.15) is 11.8 Å². The maximum Gasteiger partial charge on any atom is 0.262 e. The molecule has 0 bridgehead atoms. The number of nitrogens with one attached hydrogen (secondary N) is 2. The predicted molar refractivity (Wildman–Crippen MR) is 155 cm³/mol. The molecule has 2 atom stereocenters. The molecule has 202 valence electrons. The van der Waals surface area contributed by atoms with E-state index in [1.807, 2.05) is 33.8 Å². The van der Waals surface area contributed by atoms with Crippen molar-refractivity contribution in [2.45, 2.75) is 59.3 Å². The quantitative estimate of drug-likeness (QED) is 0.169. The van der Waals surface area contributed by atoms with Gasteiger partial charge in [0.05, 0.1) is 28.0 Å². The topological polar surface area (TPSA) is 98.2 Å². The van der Waals surface area contributed by atoms with E-state index < -0.39 is 24.0 Å². The van der Waals surface area contributed by atoms with E-state index in [9.17, 15) is 9.59 Å². The fourth-order valence-corrected chi connectivity index (χ4v) is 4.43. The smallest absolute Gasteiger partial charge is 0.262 e. The van der Waals surface area contributed by atoms with Crippen LogP contribution in [0.3, 0.4) is 0 Å². The molecule has 0 spiro atoms. The minimum atomic E-state index is -0.897. The molecule has 0 saturated carbocycles. The molecule has 0 fully saturated rings. The first kappa shape index (κ1) is 31.0. The summed E-state index contributed by atoms with van der Waals surface area (Å²) < 4.78 is 17.8. The van der Waals surface area contributed by atoms with Gasteiger partial charge in [-0.3, -0.25) is 9.59 Å². The van der Waals surface area contributed by atoms with Gasteiger partial charge in [0.2, 0.25) is 0 Å². The SMILES string of the molecule is COc1cc(/C=N\NC(=O)[C@@H](CC(C)C)NC(=O)[C@H](C)Oc2ccc(Cl)cc2Cl)cc(I)c1OC(C)C. The monoisotopic (exact) mass is 663 g/mol. The first-order valence-corrected chi connectivity index (χ1v) is 13.5. The molecular weight excluding hydrogens is 632 g/mol. The standard InChI is InChI=1S/C26H32Cl2IN3O5/c1-14(2)9-21(31-25(33)16(5)37-22-8-7-18(27)12-19(22)28)26(34)32-30-13-17-10-20(29)24(36-15(3)4)23(11-17)35-6/h7-8,10-16,21H,9H2,1-6H3,(H,31,33)(H,32,34)/b30-13-/t16-,21+/m0/s1. The number of amides is 2. The van der Waals surface area contributed by atoms with Crippen LogP contribution in [-0.2, 0) is 9.59 Å². The summed E-state index contributed by atoms with van der Waals surface area (Å²) in [5.74, 6) is 0.759. The molecule has 0 aromatic heterocycles. The normalized spacial score (nSPS) is 12.9. The lowest BCUT2D eigenvalue weighted by Crippen LogP contribution is -2.49. The largest absolute Gasteiger partial charge is 0.493 e. The molecule has 37 heavy (non-hydrogen) atoms. The summed E-state index contributed by atoms with van der Waals surface area (Å²) in [6, 6.07) is 7.54. The number of carbonyl (C=O) groups is 2. The molecule has 0 aliphatic rings. The number of hydrazone groups is 1. The third-order valence-corrected chi connectivity index (χ3v) is 6.23. The van der Waals surface area contributed by atoms with E-state index in [1.165, 1.54) is 12.3 Å². The molecule has 2 N–H and O–H groups in total. The third kappa shape index (κ3) is 9.86. The second-order valence-corrected chi connectivity index (χ2v) is 11.0. The number of halogens is 3. The van der Waals surface area contributed by atoms with Crippen LogP contribution in [0.25, 0.3) is 0 Å². The fourth-order valence-electron chi connectivity index (χ4n) is 3.22. The lowest BCUT2D eigenvalue weighted by Gasteiger charge is -2.22. The number of ether oxygens (including phenoxy) is 3. The van der Waals surface area contributed by atoms with E-state index in [-0.39, 0.29) is 17.0 Å². The van der Waals surface area contributed by atoms with Crippen molar-refractivity contribution in [3.63, 3.8) is 0 Å². The highest BCUT2D eigenvalue weighted by molar-refractivity contribution is 14.1. The van der Waals surface area contributed by atoms with E-state index in [1.54, 1.807) is 32.2 Å². The molecule has 2 rings (SSSR count). The molecule has 11 heteroatoms. The van der Waals surface area contributed by atoms with Crippen LogP contribution in [0.1, 0.15) is 46.6 Å². The molecule has 0 aliphatic carbocycles. The van der Waals surface area contributed by atoms with Gasteiger partial charge in [-0.25, -0.2) is 5.43 Å². The fraction of sp³-hybridized carbons (Fsp3) is 0.423. The number of carbonyl (C=O) groups excluding carboxylic acids is 2. The van der Waals surface area contributed by atoms with Crippen molar-refractivity contribution < 1.29 is 23.8 Å². The molecule has 2 aromatic rings.